The zero-order valence-electron chi connectivity index (χ0n) is 13.6. The van der Waals surface area contributed by atoms with Gasteiger partial charge in [-0.2, -0.15) is 0 Å². The van der Waals surface area contributed by atoms with Crippen LogP contribution in [0.25, 0.3) is 11.4 Å². The highest BCUT2D eigenvalue weighted by Gasteiger charge is 2.19. The van der Waals surface area contributed by atoms with Gasteiger partial charge in [0.1, 0.15) is 5.82 Å². The maximum absolute atomic E-state index is 5.44. The molecule has 0 saturated carbocycles. The van der Waals surface area contributed by atoms with E-state index in [9.17, 15) is 0 Å². The van der Waals surface area contributed by atoms with Crippen LogP contribution in [0.1, 0.15) is 29.9 Å². The molecule has 2 N–H and O–H groups in total. The molecule has 0 bridgehead atoms. The Kier molecular flexibility index (Phi) is 4.16. The molecule has 23 heavy (non-hydrogen) atoms. The molecule has 122 valence electrons. The van der Waals surface area contributed by atoms with Crippen molar-refractivity contribution >= 4 is 0 Å². The van der Waals surface area contributed by atoms with Crippen molar-refractivity contribution in [1.82, 2.24) is 20.2 Å². The average Bonchev–Trinajstić information content (AvgIpc) is 3.06. The van der Waals surface area contributed by atoms with E-state index in [2.05, 4.69) is 46.4 Å². The molecule has 1 aromatic heterocycles. The van der Waals surface area contributed by atoms with Crippen molar-refractivity contribution in [2.24, 2.45) is 0 Å². The SMILES string of the molecule is C[C@@H](c1ccc(-c2nc3c([nH]2)CNCC3)cc1)N1CCOCC1. The highest BCUT2D eigenvalue weighted by Crippen LogP contribution is 2.25. The van der Waals surface area contributed by atoms with Crippen LogP contribution in [-0.4, -0.2) is 47.7 Å². The van der Waals surface area contributed by atoms with Crippen molar-refractivity contribution < 1.29 is 4.74 Å². The van der Waals surface area contributed by atoms with Crippen LogP contribution in [0.3, 0.4) is 0 Å². The predicted molar refractivity (Wildman–Crippen MR) is 90.2 cm³/mol. The van der Waals surface area contributed by atoms with Gasteiger partial charge in [-0.25, -0.2) is 4.98 Å². The number of aromatic nitrogens is 2. The Bertz CT molecular complexity index is 635. The van der Waals surface area contributed by atoms with Crippen molar-refractivity contribution in [3.8, 4) is 11.4 Å². The number of ether oxygens (including phenoxy) is 1. The van der Waals surface area contributed by atoms with Crippen LogP contribution in [0.2, 0.25) is 0 Å². The first kappa shape index (κ1) is 14.9. The number of imidazole rings is 1. The summed E-state index contributed by atoms with van der Waals surface area (Å²) in [6.45, 7) is 7.91. The van der Waals surface area contributed by atoms with Gasteiger partial charge in [-0.15, -0.1) is 0 Å². The Labute approximate surface area is 137 Å². The molecule has 5 heteroatoms. The third-order valence-electron chi connectivity index (χ3n) is 4.96. The minimum absolute atomic E-state index is 0.432. The summed E-state index contributed by atoms with van der Waals surface area (Å²) in [6, 6.07) is 9.26. The van der Waals surface area contributed by atoms with E-state index in [0.717, 1.165) is 57.2 Å². The Morgan fingerprint density at radius 2 is 1.96 bits per heavy atom. The van der Waals surface area contributed by atoms with E-state index in [1.54, 1.807) is 0 Å². The minimum atomic E-state index is 0.432. The van der Waals surface area contributed by atoms with Gasteiger partial charge in [-0.1, -0.05) is 24.3 Å². The van der Waals surface area contributed by atoms with Crippen molar-refractivity contribution in [2.45, 2.75) is 25.9 Å². The van der Waals surface area contributed by atoms with E-state index in [-0.39, 0.29) is 0 Å². The van der Waals surface area contributed by atoms with Gasteiger partial charge >= 0.3 is 0 Å². The molecule has 2 aromatic rings. The lowest BCUT2D eigenvalue weighted by Crippen LogP contribution is -2.37. The molecular weight excluding hydrogens is 288 g/mol. The summed E-state index contributed by atoms with van der Waals surface area (Å²) in [5.41, 5.74) is 4.97. The second-order valence-electron chi connectivity index (χ2n) is 6.38. The van der Waals surface area contributed by atoms with Gasteiger partial charge in [0.25, 0.3) is 0 Å². The number of hydrogen-bond acceptors (Lipinski definition) is 4. The Hall–Kier alpha value is -1.69. The third-order valence-corrected chi connectivity index (χ3v) is 4.96. The summed E-state index contributed by atoms with van der Waals surface area (Å²) in [7, 11) is 0. The minimum Gasteiger partial charge on any atom is -0.379 e. The van der Waals surface area contributed by atoms with Crippen molar-refractivity contribution in [3.05, 3.63) is 41.2 Å². The number of nitrogens with zero attached hydrogens (tertiary/aromatic N) is 2. The number of morpholine rings is 1. The van der Waals surface area contributed by atoms with E-state index in [0.29, 0.717) is 6.04 Å². The van der Waals surface area contributed by atoms with E-state index in [1.807, 2.05) is 0 Å². The molecule has 0 radical (unpaired) electrons. The molecule has 5 nitrogen and oxygen atoms in total. The first-order chi connectivity index (χ1) is 11.3. The topological polar surface area (TPSA) is 53.2 Å². The summed E-state index contributed by atoms with van der Waals surface area (Å²) in [4.78, 5) is 10.7. The largest absolute Gasteiger partial charge is 0.379 e. The fourth-order valence-electron chi connectivity index (χ4n) is 3.45. The zero-order chi connectivity index (χ0) is 15.6. The smallest absolute Gasteiger partial charge is 0.137 e. The quantitative estimate of drug-likeness (QED) is 0.911. The molecule has 1 saturated heterocycles. The van der Waals surface area contributed by atoms with Gasteiger partial charge in [0.15, 0.2) is 0 Å². The molecule has 0 spiro atoms. The molecule has 1 fully saturated rings. The van der Waals surface area contributed by atoms with Gasteiger partial charge in [0.05, 0.1) is 24.6 Å². The molecule has 0 unspecified atom stereocenters. The van der Waals surface area contributed by atoms with Crippen molar-refractivity contribution in [1.29, 1.82) is 0 Å². The summed E-state index contributed by atoms with van der Waals surface area (Å²) in [6.07, 6.45) is 1.01. The standard InChI is InChI=1S/C18H24N4O/c1-13(22-8-10-23-11-9-22)14-2-4-15(5-3-14)18-20-16-6-7-19-12-17(16)21-18/h2-5,13,19H,6-12H2,1H3,(H,20,21)/t13-/m0/s1. The Morgan fingerprint density at radius 3 is 2.70 bits per heavy atom. The zero-order valence-corrected chi connectivity index (χ0v) is 13.6. The lowest BCUT2D eigenvalue weighted by atomic mass is 10.0. The van der Waals surface area contributed by atoms with E-state index < -0.39 is 0 Å². The second kappa shape index (κ2) is 6.43. The number of H-pyrrole nitrogens is 1. The Balaban J connectivity index is 1.52. The van der Waals surface area contributed by atoms with Crippen LogP contribution in [0.15, 0.2) is 24.3 Å². The van der Waals surface area contributed by atoms with Crippen molar-refractivity contribution in [2.75, 3.05) is 32.8 Å². The fraction of sp³-hybridized carbons (Fsp3) is 0.500. The third kappa shape index (κ3) is 3.04. The molecule has 2 aliphatic rings. The van der Waals surface area contributed by atoms with E-state index in [4.69, 9.17) is 9.72 Å². The number of aromatic amines is 1. The summed E-state index contributed by atoms with van der Waals surface area (Å²) in [5, 5.41) is 3.38. The summed E-state index contributed by atoms with van der Waals surface area (Å²) < 4.78 is 5.44. The average molecular weight is 312 g/mol. The number of hydrogen-bond donors (Lipinski definition) is 2. The first-order valence-corrected chi connectivity index (χ1v) is 8.52. The predicted octanol–water partition coefficient (Wildman–Crippen LogP) is 2.12. The van der Waals surface area contributed by atoms with Crippen LogP contribution in [-0.2, 0) is 17.7 Å². The molecule has 4 rings (SSSR count). The normalized spacial score (nSPS) is 20.2. The van der Waals surface area contributed by atoms with Gasteiger partial charge in [0.2, 0.25) is 0 Å². The van der Waals surface area contributed by atoms with Crippen LogP contribution >= 0.6 is 0 Å². The maximum atomic E-state index is 5.44. The molecule has 3 heterocycles. The van der Waals surface area contributed by atoms with Gasteiger partial charge in [-0.05, 0) is 12.5 Å². The van der Waals surface area contributed by atoms with Gasteiger partial charge < -0.3 is 15.0 Å². The summed E-state index contributed by atoms with van der Waals surface area (Å²) >= 11 is 0. The van der Waals surface area contributed by atoms with Gasteiger partial charge in [0, 0.05) is 44.2 Å². The van der Waals surface area contributed by atoms with Crippen LogP contribution in [0.5, 0.6) is 0 Å². The number of fused-ring (bicyclic) bond motifs is 1. The second-order valence-corrected chi connectivity index (χ2v) is 6.38. The molecule has 1 aromatic carbocycles. The number of nitrogens with one attached hydrogen (secondary N) is 2. The molecule has 0 aliphatic carbocycles. The highest BCUT2D eigenvalue weighted by atomic mass is 16.5. The lowest BCUT2D eigenvalue weighted by Gasteiger charge is -2.32. The maximum Gasteiger partial charge on any atom is 0.137 e. The molecule has 2 aliphatic heterocycles. The highest BCUT2D eigenvalue weighted by molar-refractivity contribution is 5.57. The monoisotopic (exact) mass is 312 g/mol. The summed E-state index contributed by atoms with van der Waals surface area (Å²) in [5.74, 6) is 0.990. The van der Waals surface area contributed by atoms with Gasteiger partial charge in [-0.3, -0.25) is 4.90 Å². The first-order valence-electron chi connectivity index (χ1n) is 8.52. The molecular formula is C18H24N4O. The number of rotatable bonds is 3. The van der Waals surface area contributed by atoms with Crippen molar-refractivity contribution in [3.63, 3.8) is 0 Å². The van der Waals surface area contributed by atoms with Crippen LogP contribution < -0.4 is 5.32 Å². The molecule has 0 amide bonds. The Morgan fingerprint density at radius 1 is 1.17 bits per heavy atom. The number of benzene rings is 1. The fourth-order valence-corrected chi connectivity index (χ4v) is 3.45. The van der Waals surface area contributed by atoms with E-state index >= 15 is 0 Å². The molecule has 1 atom stereocenters. The van der Waals surface area contributed by atoms with Crippen LogP contribution in [0, 0.1) is 0 Å². The van der Waals surface area contributed by atoms with E-state index in [1.165, 1.54) is 17.0 Å². The lowest BCUT2D eigenvalue weighted by molar-refractivity contribution is 0.0198. The van der Waals surface area contributed by atoms with Crippen LogP contribution in [0.4, 0.5) is 0 Å².